The zero-order chi connectivity index (χ0) is 11.3. The summed E-state index contributed by atoms with van der Waals surface area (Å²) < 4.78 is 13.3. The Balaban J connectivity index is 2.58. The van der Waals surface area contributed by atoms with Gasteiger partial charge in [0.15, 0.2) is 0 Å². The van der Waals surface area contributed by atoms with Crippen LogP contribution in [-0.4, -0.2) is 19.5 Å². The van der Waals surface area contributed by atoms with Crippen LogP contribution in [0.4, 0.5) is 4.39 Å². The van der Waals surface area contributed by atoms with Crippen molar-refractivity contribution in [1.29, 1.82) is 0 Å². The lowest BCUT2D eigenvalue weighted by molar-refractivity contribution is -0.120. The number of benzene rings is 1. The van der Waals surface area contributed by atoms with Crippen LogP contribution in [0.2, 0.25) is 5.02 Å². The van der Waals surface area contributed by atoms with Gasteiger partial charge in [-0.05, 0) is 13.1 Å². The first-order chi connectivity index (χ1) is 7.15. The molecule has 2 N–H and O–H groups in total. The molecule has 0 aliphatic carbocycles. The van der Waals surface area contributed by atoms with Crippen molar-refractivity contribution in [3.05, 3.63) is 34.6 Å². The summed E-state index contributed by atoms with van der Waals surface area (Å²) in [6.07, 6.45) is 0. The van der Waals surface area contributed by atoms with Gasteiger partial charge in [-0.1, -0.05) is 23.7 Å². The zero-order valence-corrected chi connectivity index (χ0v) is 9.07. The van der Waals surface area contributed by atoms with E-state index in [9.17, 15) is 9.18 Å². The van der Waals surface area contributed by atoms with Gasteiger partial charge in [0.05, 0.1) is 11.6 Å². The highest BCUT2D eigenvalue weighted by Crippen LogP contribution is 2.17. The Hall–Kier alpha value is -1.13. The maximum atomic E-state index is 13.3. The Morgan fingerprint density at radius 2 is 2.27 bits per heavy atom. The molecule has 5 heteroatoms. The van der Waals surface area contributed by atoms with E-state index in [-0.39, 0.29) is 24.0 Å². The van der Waals surface area contributed by atoms with E-state index in [0.717, 1.165) is 0 Å². The Kier molecular flexibility index (Phi) is 4.52. The van der Waals surface area contributed by atoms with E-state index >= 15 is 0 Å². The van der Waals surface area contributed by atoms with E-state index in [2.05, 4.69) is 10.6 Å². The fourth-order valence-corrected chi connectivity index (χ4v) is 1.30. The lowest BCUT2D eigenvalue weighted by Gasteiger charge is -2.06. The van der Waals surface area contributed by atoms with Gasteiger partial charge in [0.25, 0.3) is 0 Å². The van der Waals surface area contributed by atoms with Gasteiger partial charge in [-0.3, -0.25) is 4.79 Å². The number of halogens is 2. The Labute approximate surface area is 92.6 Å². The van der Waals surface area contributed by atoms with Crippen LogP contribution in [0.1, 0.15) is 5.56 Å². The van der Waals surface area contributed by atoms with Crippen LogP contribution in [0.3, 0.4) is 0 Å². The fourth-order valence-electron chi connectivity index (χ4n) is 1.10. The normalized spacial score (nSPS) is 10.1. The van der Waals surface area contributed by atoms with Crippen LogP contribution >= 0.6 is 11.6 Å². The summed E-state index contributed by atoms with van der Waals surface area (Å²) in [5.41, 5.74) is 0.381. The van der Waals surface area contributed by atoms with E-state index in [4.69, 9.17) is 11.6 Å². The third kappa shape index (κ3) is 3.49. The third-order valence-electron chi connectivity index (χ3n) is 1.84. The second-order valence-electron chi connectivity index (χ2n) is 3.02. The summed E-state index contributed by atoms with van der Waals surface area (Å²) in [7, 11) is 1.67. The van der Waals surface area contributed by atoms with E-state index in [1.807, 2.05) is 0 Å². The molecule has 1 amide bonds. The molecular formula is C10H12ClFN2O. The van der Waals surface area contributed by atoms with Crippen molar-refractivity contribution in [2.75, 3.05) is 13.6 Å². The molecule has 0 unspecified atom stereocenters. The summed E-state index contributed by atoms with van der Waals surface area (Å²) in [6.45, 7) is 0.356. The van der Waals surface area contributed by atoms with Gasteiger partial charge in [0, 0.05) is 12.1 Å². The number of rotatable bonds is 4. The van der Waals surface area contributed by atoms with E-state index in [0.29, 0.717) is 5.56 Å². The summed E-state index contributed by atoms with van der Waals surface area (Å²) in [5.74, 6) is -0.666. The van der Waals surface area contributed by atoms with Crippen LogP contribution in [0, 0.1) is 5.82 Å². The topological polar surface area (TPSA) is 41.1 Å². The first-order valence-electron chi connectivity index (χ1n) is 4.49. The number of carbonyl (C=O) groups excluding carboxylic acids is 1. The molecule has 3 nitrogen and oxygen atoms in total. The molecule has 1 aromatic carbocycles. The third-order valence-corrected chi connectivity index (χ3v) is 2.14. The lowest BCUT2D eigenvalue weighted by Crippen LogP contribution is -2.31. The maximum Gasteiger partial charge on any atom is 0.234 e. The average molecular weight is 231 g/mol. The molecule has 0 saturated heterocycles. The second kappa shape index (κ2) is 5.68. The minimum Gasteiger partial charge on any atom is -0.351 e. The van der Waals surface area contributed by atoms with E-state index < -0.39 is 5.82 Å². The molecule has 0 saturated carbocycles. The van der Waals surface area contributed by atoms with Crippen molar-refractivity contribution in [2.45, 2.75) is 6.54 Å². The number of amides is 1. The summed E-state index contributed by atoms with van der Waals surface area (Å²) in [4.78, 5) is 11.1. The molecule has 1 aromatic rings. The number of nitrogens with one attached hydrogen (secondary N) is 2. The van der Waals surface area contributed by atoms with Crippen molar-refractivity contribution < 1.29 is 9.18 Å². The van der Waals surface area contributed by atoms with Gasteiger partial charge in [0.2, 0.25) is 5.91 Å². The molecule has 0 aromatic heterocycles. The van der Waals surface area contributed by atoms with Crippen molar-refractivity contribution in [1.82, 2.24) is 10.6 Å². The van der Waals surface area contributed by atoms with Gasteiger partial charge >= 0.3 is 0 Å². The lowest BCUT2D eigenvalue weighted by atomic mass is 10.2. The molecule has 0 radical (unpaired) electrons. The Morgan fingerprint density at radius 3 is 2.93 bits per heavy atom. The van der Waals surface area contributed by atoms with Crippen LogP contribution in [0.25, 0.3) is 0 Å². The summed E-state index contributed by atoms with van der Waals surface area (Å²) >= 11 is 5.59. The molecule has 0 bridgehead atoms. The largest absolute Gasteiger partial charge is 0.351 e. The van der Waals surface area contributed by atoms with Crippen molar-refractivity contribution in [3.8, 4) is 0 Å². The van der Waals surface area contributed by atoms with Crippen molar-refractivity contribution in [3.63, 3.8) is 0 Å². The van der Waals surface area contributed by atoms with Crippen LogP contribution in [-0.2, 0) is 11.3 Å². The standard InChI is InChI=1S/C10H12ClFN2O/c1-13-6-9(15)14-5-7-3-2-4-8(11)10(7)12/h2-4,13H,5-6H2,1H3,(H,14,15). The molecule has 0 aliphatic heterocycles. The minimum atomic E-state index is -0.482. The Morgan fingerprint density at radius 1 is 1.53 bits per heavy atom. The van der Waals surface area contributed by atoms with E-state index in [1.54, 1.807) is 19.2 Å². The highest BCUT2D eigenvalue weighted by molar-refractivity contribution is 6.30. The predicted molar refractivity (Wildman–Crippen MR) is 57.2 cm³/mol. The van der Waals surface area contributed by atoms with Gasteiger partial charge in [-0.15, -0.1) is 0 Å². The second-order valence-corrected chi connectivity index (χ2v) is 3.43. The van der Waals surface area contributed by atoms with Gasteiger partial charge < -0.3 is 10.6 Å². The number of carbonyl (C=O) groups is 1. The highest BCUT2D eigenvalue weighted by atomic mass is 35.5. The molecule has 0 heterocycles. The molecule has 82 valence electrons. The van der Waals surface area contributed by atoms with Crippen LogP contribution < -0.4 is 10.6 Å². The first kappa shape index (κ1) is 11.9. The molecule has 15 heavy (non-hydrogen) atoms. The number of likely N-dealkylation sites (N-methyl/N-ethyl adjacent to an activating group) is 1. The molecule has 1 rings (SSSR count). The van der Waals surface area contributed by atoms with Crippen LogP contribution in [0.15, 0.2) is 18.2 Å². The quantitative estimate of drug-likeness (QED) is 0.819. The first-order valence-corrected chi connectivity index (χ1v) is 4.87. The molecular weight excluding hydrogens is 219 g/mol. The zero-order valence-electron chi connectivity index (χ0n) is 8.31. The Bertz CT molecular complexity index is 357. The molecule has 0 fully saturated rings. The number of hydrogen-bond acceptors (Lipinski definition) is 2. The fraction of sp³-hybridized carbons (Fsp3) is 0.300. The average Bonchev–Trinajstić information content (AvgIpc) is 2.21. The van der Waals surface area contributed by atoms with Crippen molar-refractivity contribution in [2.24, 2.45) is 0 Å². The summed E-state index contributed by atoms with van der Waals surface area (Å²) in [6, 6.07) is 4.70. The molecule has 0 atom stereocenters. The minimum absolute atomic E-state index is 0.0652. The van der Waals surface area contributed by atoms with Gasteiger partial charge in [0.1, 0.15) is 5.82 Å². The molecule has 0 aliphatic rings. The SMILES string of the molecule is CNCC(=O)NCc1cccc(Cl)c1F. The van der Waals surface area contributed by atoms with Crippen LogP contribution in [0.5, 0.6) is 0 Å². The summed E-state index contributed by atoms with van der Waals surface area (Å²) in [5, 5.41) is 5.33. The van der Waals surface area contributed by atoms with Crippen molar-refractivity contribution >= 4 is 17.5 Å². The van der Waals surface area contributed by atoms with Gasteiger partial charge in [-0.2, -0.15) is 0 Å². The van der Waals surface area contributed by atoms with Gasteiger partial charge in [-0.25, -0.2) is 4.39 Å². The monoisotopic (exact) mass is 230 g/mol. The van der Waals surface area contributed by atoms with E-state index in [1.165, 1.54) is 6.07 Å². The predicted octanol–water partition coefficient (Wildman–Crippen LogP) is 1.31. The smallest absolute Gasteiger partial charge is 0.234 e. The molecule has 0 spiro atoms. The number of hydrogen-bond donors (Lipinski definition) is 2. The highest BCUT2D eigenvalue weighted by Gasteiger charge is 2.06. The maximum absolute atomic E-state index is 13.3.